The minimum Gasteiger partial charge on any atom is -0.394 e. The first-order valence-electron chi connectivity index (χ1n) is 34.9. The molecule has 0 aromatic heterocycles. The molecular weight excluding hydrogens is 987 g/mol. The van der Waals surface area contributed by atoms with Gasteiger partial charge in [-0.05, 0) is 103 Å². The fourth-order valence-corrected chi connectivity index (χ4v) is 10.1. The van der Waals surface area contributed by atoms with Crippen molar-refractivity contribution in [3.05, 3.63) is 134 Å². The van der Waals surface area contributed by atoms with E-state index >= 15 is 0 Å². The quantitative estimate of drug-likeness (QED) is 0.0420. The van der Waals surface area contributed by atoms with Gasteiger partial charge in [-0.25, -0.2) is 0 Å². The molecule has 0 bridgehead atoms. The van der Waals surface area contributed by atoms with Crippen LogP contribution in [0.1, 0.15) is 328 Å². The van der Waals surface area contributed by atoms with Gasteiger partial charge in [-0.2, -0.15) is 0 Å². The zero-order valence-electron chi connectivity index (χ0n) is 53.5. The molecule has 2 unspecified atom stereocenters. The number of nitrogens with one attached hydrogen (secondary N) is 1. The standard InChI is InChI=1S/C77H133NO3/c1-3-5-7-9-11-13-15-17-19-21-23-25-27-29-31-33-35-37-38-39-40-41-43-45-47-49-51-53-55-57-59-61-63-65-67-69-71-73-77(81)78-75(74-79)76(80)72-70-68-66-64-62-60-58-56-54-52-50-48-46-44-42-36-34-32-30-28-26-24-22-20-18-16-14-12-10-8-6-4-2/h5,7,11,13,17,19,23,25,29,31,35,37,39-40,43,45,49,51,62,64,70,72,75-76,79-80H,3-4,6,8-10,12,14-16,18,20-22,24,26-28,30,32-34,36,38,41-42,44,46-48,50,52-61,63,65-69,71,73-74H2,1-2H3,(H,78,81)/b7-5-,13-11-,19-17-,25-23-,31-29-,37-35-,40-39-,45-43-,51-49-,64-62+,72-70+. The van der Waals surface area contributed by atoms with Crippen molar-refractivity contribution in [2.45, 2.75) is 341 Å². The third-order valence-corrected chi connectivity index (χ3v) is 15.4. The summed E-state index contributed by atoms with van der Waals surface area (Å²) in [5.41, 5.74) is 0. The molecule has 464 valence electrons. The number of unbranched alkanes of at least 4 members (excludes halogenated alkanes) is 36. The third kappa shape index (κ3) is 67.2. The maximum atomic E-state index is 12.5. The molecule has 3 N–H and O–H groups in total. The Kier molecular flexibility index (Phi) is 67.8. The van der Waals surface area contributed by atoms with E-state index in [9.17, 15) is 15.0 Å². The number of carbonyl (C=O) groups excluding carboxylic acids is 1. The molecular formula is C77H133NO3. The molecule has 0 aliphatic carbocycles. The molecule has 0 aromatic rings. The first-order valence-corrected chi connectivity index (χ1v) is 34.9. The van der Waals surface area contributed by atoms with Gasteiger partial charge in [-0.1, -0.05) is 353 Å². The smallest absolute Gasteiger partial charge is 0.220 e. The first-order chi connectivity index (χ1) is 40.2. The fourth-order valence-electron chi connectivity index (χ4n) is 10.1. The van der Waals surface area contributed by atoms with Crippen LogP contribution in [-0.4, -0.2) is 34.9 Å². The molecule has 0 aromatic carbocycles. The van der Waals surface area contributed by atoms with Gasteiger partial charge >= 0.3 is 0 Å². The van der Waals surface area contributed by atoms with Crippen LogP contribution in [-0.2, 0) is 4.79 Å². The van der Waals surface area contributed by atoms with Gasteiger partial charge < -0.3 is 15.5 Å². The third-order valence-electron chi connectivity index (χ3n) is 15.4. The number of amides is 1. The number of hydrogen-bond donors (Lipinski definition) is 3. The number of aliphatic hydroxyl groups excluding tert-OH is 2. The Labute approximate surface area is 504 Å². The van der Waals surface area contributed by atoms with Crippen LogP contribution >= 0.6 is 0 Å². The van der Waals surface area contributed by atoms with Crippen LogP contribution in [0.3, 0.4) is 0 Å². The SMILES string of the molecule is CC/C=C\C/C=C\C/C=C\C/C=C\C/C=C\C/C=C\C/C=C\C/C=C\C/C=C\CCCCCCCCCCCC(=O)NC(CO)C(O)/C=C/CC/C=C/CCCCCCCCCCCCCCCCCCCCCCCCCCCC. The number of allylic oxidation sites excluding steroid dienone is 21. The zero-order chi connectivity index (χ0) is 58.4. The molecule has 0 fully saturated rings. The Morgan fingerprint density at radius 3 is 0.864 bits per heavy atom. The summed E-state index contributed by atoms with van der Waals surface area (Å²) < 4.78 is 0. The topological polar surface area (TPSA) is 69.6 Å². The Bertz CT molecular complexity index is 1600. The van der Waals surface area contributed by atoms with Gasteiger partial charge in [0, 0.05) is 6.42 Å². The second-order valence-electron chi connectivity index (χ2n) is 23.2. The number of rotatable bonds is 63. The predicted octanol–water partition coefficient (Wildman–Crippen LogP) is 24.1. The Balaban J connectivity index is 3.58. The van der Waals surface area contributed by atoms with E-state index in [2.05, 4.69) is 141 Å². The van der Waals surface area contributed by atoms with Gasteiger partial charge in [0.15, 0.2) is 0 Å². The molecule has 81 heavy (non-hydrogen) atoms. The van der Waals surface area contributed by atoms with Crippen molar-refractivity contribution >= 4 is 5.91 Å². The van der Waals surface area contributed by atoms with Crippen molar-refractivity contribution in [1.82, 2.24) is 5.32 Å². The second-order valence-corrected chi connectivity index (χ2v) is 23.2. The van der Waals surface area contributed by atoms with Crippen LogP contribution in [0.4, 0.5) is 0 Å². The van der Waals surface area contributed by atoms with Crippen molar-refractivity contribution in [3.63, 3.8) is 0 Å². The highest BCUT2D eigenvalue weighted by Crippen LogP contribution is 2.17. The van der Waals surface area contributed by atoms with Crippen molar-refractivity contribution in [2.24, 2.45) is 0 Å². The minimum atomic E-state index is -0.876. The van der Waals surface area contributed by atoms with Gasteiger partial charge in [0.2, 0.25) is 5.91 Å². The molecule has 0 saturated heterocycles. The molecule has 0 aliphatic heterocycles. The average Bonchev–Trinajstić information content (AvgIpc) is 3.47. The number of hydrogen-bond acceptors (Lipinski definition) is 3. The molecule has 0 saturated carbocycles. The Morgan fingerprint density at radius 2 is 0.556 bits per heavy atom. The molecule has 4 heteroatoms. The van der Waals surface area contributed by atoms with E-state index in [4.69, 9.17) is 0 Å². The van der Waals surface area contributed by atoms with Gasteiger partial charge in [0.25, 0.3) is 0 Å². The summed E-state index contributed by atoms with van der Waals surface area (Å²) in [6.45, 7) is 4.20. The predicted molar refractivity (Wildman–Crippen MR) is 363 cm³/mol. The summed E-state index contributed by atoms with van der Waals surface area (Å²) in [6, 6.07) is -0.654. The lowest BCUT2D eigenvalue weighted by Crippen LogP contribution is -2.45. The van der Waals surface area contributed by atoms with Crippen molar-refractivity contribution in [3.8, 4) is 0 Å². The largest absolute Gasteiger partial charge is 0.394 e. The lowest BCUT2D eigenvalue weighted by atomic mass is 10.0. The van der Waals surface area contributed by atoms with Crippen molar-refractivity contribution in [2.75, 3.05) is 6.61 Å². The molecule has 4 nitrogen and oxygen atoms in total. The van der Waals surface area contributed by atoms with Gasteiger partial charge in [-0.3, -0.25) is 4.79 Å². The van der Waals surface area contributed by atoms with E-state index in [0.29, 0.717) is 6.42 Å². The van der Waals surface area contributed by atoms with Gasteiger partial charge in [0.05, 0.1) is 18.8 Å². The number of carbonyl (C=O) groups is 1. The normalized spacial score (nSPS) is 13.6. The maximum absolute atomic E-state index is 12.5. The van der Waals surface area contributed by atoms with Gasteiger partial charge in [0.1, 0.15) is 0 Å². The van der Waals surface area contributed by atoms with Crippen LogP contribution in [0.15, 0.2) is 134 Å². The highest BCUT2D eigenvalue weighted by Gasteiger charge is 2.18. The van der Waals surface area contributed by atoms with E-state index < -0.39 is 12.1 Å². The van der Waals surface area contributed by atoms with Crippen molar-refractivity contribution < 1.29 is 15.0 Å². The van der Waals surface area contributed by atoms with Crippen LogP contribution < -0.4 is 5.32 Å². The summed E-state index contributed by atoms with van der Waals surface area (Å²) in [5, 5.41) is 23.3. The molecule has 0 rings (SSSR count). The molecule has 0 spiro atoms. The second kappa shape index (κ2) is 70.8. The highest BCUT2D eigenvalue weighted by molar-refractivity contribution is 5.76. The average molecular weight is 1120 g/mol. The zero-order valence-corrected chi connectivity index (χ0v) is 53.5. The van der Waals surface area contributed by atoms with E-state index in [1.165, 1.54) is 212 Å². The minimum absolute atomic E-state index is 0.0823. The maximum Gasteiger partial charge on any atom is 0.220 e. The van der Waals surface area contributed by atoms with E-state index in [0.717, 1.165) is 96.3 Å². The lowest BCUT2D eigenvalue weighted by Gasteiger charge is -2.19. The molecule has 1 amide bonds. The van der Waals surface area contributed by atoms with E-state index in [-0.39, 0.29) is 12.5 Å². The van der Waals surface area contributed by atoms with Crippen LogP contribution in [0, 0.1) is 0 Å². The first kappa shape index (κ1) is 77.5. The number of aliphatic hydroxyl groups is 2. The Hall–Kier alpha value is -3.47. The summed E-state index contributed by atoms with van der Waals surface area (Å²) in [7, 11) is 0. The fraction of sp³-hybridized carbons (Fsp3) is 0.701. The highest BCUT2D eigenvalue weighted by atomic mass is 16.3. The molecule has 0 heterocycles. The summed E-state index contributed by atoms with van der Waals surface area (Å²) in [6.07, 6.45) is 110. The molecule has 0 aliphatic rings. The summed E-state index contributed by atoms with van der Waals surface area (Å²) in [5.74, 6) is -0.0823. The molecule has 2 atom stereocenters. The summed E-state index contributed by atoms with van der Waals surface area (Å²) >= 11 is 0. The van der Waals surface area contributed by atoms with E-state index in [1.807, 2.05) is 6.08 Å². The van der Waals surface area contributed by atoms with Crippen LogP contribution in [0.5, 0.6) is 0 Å². The van der Waals surface area contributed by atoms with Gasteiger partial charge in [-0.15, -0.1) is 0 Å². The Morgan fingerprint density at radius 1 is 0.309 bits per heavy atom. The van der Waals surface area contributed by atoms with Crippen molar-refractivity contribution in [1.29, 1.82) is 0 Å². The van der Waals surface area contributed by atoms with Crippen LogP contribution in [0.25, 0.3) is 0 Å². The summed E-state index contributed by atoms with van der Waals surface area (Å²) in [4.78, 5) is 12.5. The van der Waals surface area contributed by atoms with E-state index in [1.54, 1.807) is 6.08 Å². The monoisotopic (exact) mass is 1120 g/mol. The lowest BCUT2D eigenvalue weighted by molar-refractivity contribution is -0.123. The van der Waals surface area contributed by atoms with Crippen LogP contribution in [0.2, 0.25) is 0 Å². The molecule has 0 radical (unpaired) electrons.